The number of hydrogen-bond donors (Lipinski definition) is 3. The number of imide groups is 1. The van der Waals surface area contributed by atoms with Gasteiger partial charge in [-0.3, -0.25) is 19.7 Å². The predicted octanol–water partition coefficient (Wildman–Crippen LogP) is 2.38. The topological polar surface area (TPSA) is 170 Å². The number of para-hydroxylation sites is 1. The molecular weight excluding hydrogens is 505 g/mol. The van der Waals surface area contributed by atoms with Crippen molar-refractivity contribution in [2.45, 2.75) is 30.7 Å². The number of benzene rings is 2. The van der Waals surface area contributed by atoms with E-state index < -0.39 is 46.6 Å². The third-order valence-electron chi connectivity index (χ3n) is 5.77. The third-order valence-corrected chi connectivity index (χ3v) is 5.77. The number of carboxylic acid groups (broad SMARTS) is 2. The lowest BCUT2D eigenvalue weighted by atomic mass is 9.93. The molecule has 2 aromatic carbocycles. The SMILES string of the molecule is O=C(O)C(F)(F)F.O=C(O)[C@@H]1C[C@]2(CN1)C(=O)N(c1ccccc1)C(=O)N2Cc1ccc([N+](=O)[O-])cc1. The summed E-state index contributed by atoms with van der Waals surface area (Å²) in [6.45, 7) is 0.0186. The van der Waals surface area contributed by atoms with Crippen LogP contribution >= 0.6 is 0 Å². The second kappa shape index (κ2) is 10.2. The molecule has 2 aliphatic heterocycles. The highest BCUT2D eigenvalue weighted by atomic mass is 19.4. The van der Waals surface area contributed by atoms with Crippen molar-refractivity contribution in [3.05, 3.63) is 70.3 Å². The second-order valence-corrected chi connectivity index (χ2v) is 8.08. The van der Waals surface area contributed by atoms with Crippen LogP contribution in [-0.2, 0) is 20.9 Å². The second-order valence-electron chi connectivity index (χ2n) is 8.08. The number of anilines is 1. The zero-order valence-corrected chi connectivity index (χ0v) is 18.7. The number of halogens is 3. The molecule has 12 nitrogen and oxygen atoms in total. The van der Waals surface area contributed by atoms with Gasteiger partial charge in [0.15, 0.2) is 0 Å². The van der Waals surface area contributed by atoms with Crippen molar-refractivity contribution in [2.75, 3.05) is 11.4 Å². The molecule has 2 aliphatic rings. The van der Waals surface area contributed by atoms with Gasteiger partial charge in [-0.25, -0.2) is 14.5 Å². The number of rotatable bonds is 5. The van der Waals surface area contributed by atoms with E-state index in [1.165, 1.54) is 29.2 Å². The fraction of sp³-hybridized carbons (Fsp3) is 0.273. The highest BCUT2D eigenvalue weighted by Gasteiger charge is 2.61. The highest BCUT2D eigenvalue weighted by molar-refractivity contribution is 6.23. The van der Waals surface area contributed by atoms with Crippen LogP contribution in [0.5, 0.6) is 0 Å². The molecule has 196 valence electrons. The van der Waals surface area contributed by atoms with Crippen LogP contribution < -0.4 is 10.2 Å². The van der Waals surface area contributed by atoms with Gasteiger partial charge in [-0.1, -0.05) is 30.3 Å². The first-order valence-electron chi connectivity index (χ1n) is 10.5. The molecule has 0 bridgehead atoms. The summed E-state index contributed by atoms with van der Waals surface area (Å²) in [7, 11) is 0. The standard InChI is InChI=1S/C20H18N4O6.C2HF3O2/c25-17(26)16-10-20(12-21-16)18(27)23(14-4-2-1-3-5-14)19(28)22(20)11-13-6-8-15(9-7-13)24(29)30;3-2(4,5)1(6)7/h1-9,16,21H,10-12H2,(H,25,26);(H,6,7)/t16-,20-;/m0./s1. The van der Waals surface area contributed by atoms with E-state index in [0.717, 1.165) is 4.90 Å². The third kappa shape index (κ3) is 5.50. The lowest BCUT2D eigenvalue weighted by molar-refractivity contribution is -0.384. The zero-order valence-electron chi connectivity index (χ0n) is 18.7. The number of carbonyl (C=O) groups is 4. The Morgan fingerprint density at radius 2 is 1.65 bits per heavy atom. The number of nitrogens with one attached hydrogen (secondary N) is 1. The molecule has 2 fully saturated rings. The van der Waals surface area contributed by atoms with Gasteiger partial charge in [0.05, 0.1) is 10.6 Å². The van der Waals surface area contributed by atoms with Crippen LogP contribution in [0.15, 0.2) is 54.6 Å². The van der Waals surface area contributed by atoms with Gasteiger partial charge in [-0.2, -0.15) is 13.2 Å². The summed E-state index contributed by atoms with van der Waals surface area (Å²) >= 11 is 0. The summed E-state index contributed by atoms with van der Waals surface area (Å²) in [4.78, 5) is 59.9. The molecule has 3 amide bonds. The molecule has 0 aromatic heterocycles. The van der Waals surface area contributed by atoms with Crippen molar-refractivity contribution < 1.29 is 47.5 Å². The van der Waals surface area contributed by atoms with Gasteiger partial charge in [0.25, 0.3) is 11.6 Å². The van der Waals surface area contributed by atoms with Crippen molar-refractivity contribution in [2.24, 2.45) is 0 Å². The molecule has 2 saturated heterocycles. The van der Waals surface area contributed by atoms with E-state index in [0.29, 0.717) is 11.3 Å². The fourth-order valence-electron chi connectivity index (χ4n) is 3.96. The maximum atomic E-state index is 13.4. The molecule has 0 radical (unpaired) electrons. The van der Waals surface area contributed by atoms with E-state index >= 15 is 0 Å². The summed E-state index contributed by atoms with van der Waals surface area (Å²) in [5.74, 6) is -4.34. The Morgan fingerprint density at radius 1 is 1.08 bits per heavy atom. The van der Waals surface area contributed by atoms with Crippen molar-refractivity contribution in [1.29, 1.82) is 0 Å². The molecule has 3 N–H and O–H groups in total. The molecule has 4 rings (SSSR count). The number of urea groups is 1. The fourth-order valence-corrected chi connectivity index (χ4v) is 3.96. The quantitative estimate of drug-likeness (QED) is 0.302. The van der Waals surface area contributed by atoms with Crippen molar-refractivity contribution >= 4 is 35.3 Å². The van der Waals surface area contributed by atoms with E-state index in [1.54, 1.807) is 30.3 Å². The minimum absolute atomic E-state index is 0.00482. The molecule has 37 heavy (non-hydrogen) atoms. The van der Waals surface area contributed by atoms with Gasteiger partial charge in [-0.05, 0) is 17.7 Å². The molecule has 15 heteroatoms. The molecular formula is C22H19F3N4O8. The average Bonchev–Trinajstić information content (AvgIpc) is 3.37. The zero-order chi connectivity index (χ0) is 27.5. The van der Waals surface area contributed by atoms with Crippen LogP contribution in [0.2, 0.25) is 0 Å². The first-order chi connectivity index (χ1) is 17.3. The number of carbonyl (C=O) groups excluding carboxylic acids is 2. The van der Waals surface area contributed by atoms with Crippen LogP contribution in [0.4, 0.5) is 29.3 Å². The van der Waals surface area contributed by atoms with Crippen molar-refractivity contribution in [3.8, 4) is 0 Å². The molecule has 2 aromatic rings. The monoisotopic (exact) mass is 524 g/mol. The summed E-state index contributed by atoms with van der Waals surface area (Å²) in [5, 5.41) is 30.2. The van der Waals surface area contributed by atoms with Crippen LogP contribution in [-0.4, -0.2) is 68.2 Å². The number of aliphatic carboxylic acids is 2. The first kappa shape index (κ1) is 27.1. The average molecular weight is 524 g/mol. The Balaban J connectivity index is 0.000000479. The largest absolute Gasteiger partial charge is 0.490 e. The van der Waals surface area contributed by atoms with E-state index in [4.69, 9.17) is 9.90 Å². The van der Waals surface area contributed by atoms with Crippen LogP contribution in [0, 0.1) is 10.1 Å². The highest BCUT2D eigenvalue weighted by Crippen LogP contribution is 2.39. The van der Waals surface area contributed by atoms with E-state index in [9.17, 15) is 42.8 Å². The van der Waals surface area contributed by atoms with Crippen LogP contribution in [0.1, 0.15) is 12.0 Å². The minimum atomic E-state index is -5.08. The van der Waals surface area contributed by atoms with Gasteiger partial charge < -0.3 is 20.4 Å². The summed E-state index contributed by atoms with van der Waals surface area (Å²) in [5.41, 5.74) is -0.444. The number of nitro groups is 1. The van der Waals surface area contributed by atoms with Gasteiger partial charge in [0.2, 0.25) is 0 Å². The Labute approximate surface area is 206 Å². The maximum Gasteiger partial charge on any atom is 0.490 e. The Bertz CT molecular complexity index is 1220. The van der Waals surface area contributed by atoms with Crippen LogP contribution in [0.3, 0.4) is 0 Å². The maximum absolute atomic E-state index is 13.4. The van der Waals surface area contributed by atoms with Crippen molar-refractivity contribution in [1.82, 2.24) is 10.2 Å². The molecule has 1 spiro atoms. The normalized spacial score (nSPS) is 21.1. The summed E-state index contributed by atoms with van der Waals surface area (Å²) in [6.07, 6.45) is -5.15. The molecule has 0 saturated carbocycles. The first-order valence-corrected chi connectivity index (χ1v) is 10.5. The lowest BCUT2D eigenvalue weighted by Gasteiger charge is -2.30. The van der Waals surface area contributed by atoms with Gasteiger partial charge in [0.1, 0.15) is 11.6 Å². The molecule has 0 aliphatic carbocycles. The lowest BCUT2D eigenvalue weighted by Crippen LogP contribution is -2.51. The molecule has 2 heterocycles. The Hall–Kier alpha value is -4.53. The van der Waals surface area contributed by atoms with E-state index in [-0.39, 0.29) is 25.2 Å². The summed E-state index contributed by atoms with van der Waals surface area (Å²) in [6, 6.07) is 12.6. The predicted molar refractivity (Wildman–Crippen MR) is 118 cm³/mol. The van der Waals surface area contributed by atoms with Crippen molar-refractivity contribution in [3.63, 3.8) is 0 Å². The Kier molecular flexibility index (Phi) is 7.48. The van der Waals surface area contributed by atoms with Crippen LogP contribution in [0.25, 0.3) is 0 Å². The number of amides is 3. The minimum Gasteiger partial charge on any atom is -0.480 e. The number of alkyl halides is 3. The Morgan fingerprint density at radius 3 is 2.11 bits per heavy atom. The number of carboxylic acids is 2. The van der Waals surface area contributed by atoms with E-state index in [1.807, 2.05) is 0 Å². The van der Waals surface area contributed by atoms with Gasteiger partial charge >= 0.3 is 24.1 Å². The smallest absolute Gasteiger partial charge is 0.480 e. The van der Waals surface area contributed by atoms with Gasteiger partial charge in [-0.15, -0.1) is 0 Å². The summed E-state index contributed by atoms with van der Waals surface area (Å²) < 4.78 is 31.7. The van der Waals surface area contributed by atoms with E-state index in [2.05, 4.69) is 5.32 Å². The van der Waals surface area contributed by atoms with Gasteiger partial charge in [0, 0.05) is 31.6 Å². The molecule has 0 unspecified atom stereocenters. The number of nitro benzene ring substituents is 1. The number of hydrogen-bond acceptors (Lipinski definition) is 7. The number of non-ortho nitro benzene ring substituents is 1. The number of nitrogens with zero attached hydrogens (tertiary/aromatic N) is 3. The molecule has 2 atom stereocenters.